The molecule has 92 valence electrons. The molecule has 0 aliphatic heterocycles. The summed E-state index contributed by atoms with van der Waals surface area (Å²) >= 11 is 0. The maximum absolute atomic E-state index is 13.9. The highest BCUT2D eigenvalue weighted by molar-refractivity contribution is 5.27. The van der Waals surface area contributed by atoms with E-state index in [0.29, 0.717) is 11.3 Å². The zero-order valence-corrected chi connectivity index (χ0v) is 10.7. The lowest BCUT2D eigenvalue weighted by atomic mass is 9.73. The number of hydrogen-bond donors (Lipinski definition) is 0. The van der Waals surface area contributed by atoms with Gasteiger partial charge in [0.25, 0.3) is 0 Å². The fraction of sp³-hybridized carbons (Fsp3) is 0.625. The topological polar surface area (TPSA) is 0 Å². The molecule has 1 heteroatoms. The van der Waals surface area contributed by atoms with Gasteiger partial charge in [0.05, 0.1) is 0 Å². The molecule has 0 amide bonds. The van der Waals surface area contributed by atoms with Crippen LogP contribution in [0.25, 0.3) is 0 Å². The fourth-order valence-corrected chi connectivity index (χ4v) is 4.13. The van der Waals surface area contributed by atoms with Crippen LogP contribution in [0.2, 0.25) is 0 Å². The molecule has 2 saturated carbocycles. The smallest absolute Gasteiger partial charge is 0.126 e. The molecule has 2 aliphatic carbocycles. The molecule has 3 rings (SSSR count). The maximum Gasteiger partial charge on any atom is 0.126 e. The lowest BCUT2D eigenvalue weighted by Crippen LogP contribution is -2.21. The van der Waals surface area contributed by atoms with Crippen molar-refractivity contribution in [3.63, 3.8) is 0 Å². The Bertz CT molecular complexity index is 423. The van der Waals surface area contributed by atoms with E-state index in [4.69, 9.17) is 0 Å². The Morgan fingerprint density at radius 2 is 2.06 bits per heavy atom. The van der Waals surface area contributed by atoms with Crippen molar-refractivity contribution in [3.8, 4) is 0 Å². The van der Waals surface area contributed by atoms with Crippen LogP contribution in [0.4, 0.5) is 4.39 Å². The van der Waals surface area contributed by atoms with Crippen molar-refractivity contribution in [1.29, 1.82) is 0 Å². The molecular weight excluding hydrogens is 211 g/mol. The summed E-state index contributed by atoms with van der Waals surface area (Å²) in [5, 5.41) is 0. The molecule has 0 radical (unpaired) electrons. The van der Waals surface area contributed by atoms with Crippen molar-refractivity contribution in [1.82, 2.24) is 0 Å². The first-order chi connectivity index (χ1) is 8.15. The first-order valence-electron chi connectivity index (χ1n) is 6.89. The van der Waals surface area contributed by atoms with Gasteiger partial charge in [0, 0.05) is 0 Å². The standard InChI is InChI=1S/C16H21F/c1-11(2)16-9-5-7-12(14(16)10-16)13-6-3-4-8-15(13)17/h3-4,6,8,11-12,14H,5,7,9-10H2,1-2H3/t12-,14?,16-/m1/s1. The largest absolute Gasteiger partial charge is 0.207 e. The minimum absolute atomic E-state index is 0.00366. The Balaban J connectivity index is 1.89. The van der Waals surface area contributed by atoms with Crippen LogP contribution >= 0.6 is 0 Å². The molecule has 3 atom stereocenters. The number of halogens is 1. The average molecular weight is 232 g/mol. The van der Waals surface area contributed by atoms with Crippen LogP contribution < -0.4 is 0 Å². The molecule has 2 aliphatic rings. The van der Waals surface area contributed by atoms with Crippen molar-refractivity contribution in [2.75, 3.05) is 0 Å². The van der Waals surface area contributed by atoms with Crippen molar-refractivity contribution < 1.29 is 4.39 Å². The van der Waals surface area contributed by atoms with Crippen molar-refractivity contribution in [2.45, 2.75) is 45.4 Å². The lowest BCUT2D eigenvalue weighted by molar-refractivity contribution is 0.231. The summed E-state index contributed by atoms with van der Waals surface area (Å²) in [6.45, 7) is 4.67. The van der Waals surface area contributed by atoms with Crippen molar-refractivity contribution in [3.05, 3.63) is 35.6 Å². The highest BCUT2D eigenvalue weighted by Crippen LogP contribution is 2.69. The Labute approximate surface area is 103 Å². The van der Waals surface area contributed by atoms with Gasteiger partial charge in [-0.3, -0.25) is 0 Å². The summed E-state index contributed by atoms with van der Waals surface area (Å²) in [4.78, 5) is 0. The van der Waals surface area contributed by atoms with Gasteiger partial charge in [-0.25, -0.2) is 4.39 Å². The maximum atomic E-state index is 13.9. The van der Waals surface area contributed by atoms with Gasteiger partial charge in [0.15, 0.2) is 0 Å². The summed E-state index contributed by atoms with van der Waals surface area (Å²) in [6, 6.07) is 7.38. The van der Waals surface area contributed by atoms with E-state index in [-0.39, 0.29) is 5.82 Å². The Kier molecular flexibility index (Phi) is 2.53. The zero-order valence-electron chi connectivity index (χ0n) is 10.7. The zero-order chi connectivity index (χ0) is 12.0. The van der Waals surface area contributed by atoms with E-state index < -0.39 is 0 Å². The van der Waals surface area contributed by atoms with Crippen LogP contribution in [0.15, 0.2) is 24.3 Å². The van der Waals surface area contributed by atoms with Gasteiger partial charge in [-0.2, -0.15) is 0 Å². The molecule has 0 heterocycles. The van der Waals surface area contributed by atoms with Crippen LogP contribution in [0.1, 0.15) is 51.0 Å². The van der Waals surface area contributed by atoms with Gasteiger partial charge in [-0.15, -0.1) is 0 Å². The van der Waals surface area contributed by atoms with E-state index in [1.165, 1.54) is 25.7 Å². The summed E-state index contributed by atoms with van der Waals surface area (Å²) < 4.78 is 13.9. The first-order valence-corrected chi connectivity index (χ1v) is 6.89. The van der Waals surface area contributed by atoms with E-state index in [2.05, 4.69) is 13.8 Å². The third-order valence-corrected chi connectivity index (χ3v) is 5.28. The van der Waals surface area contributed by atoms with Crippen molar-refractivity contribution in [2.24, 2.45) is 17.3 Å². The van der Waals surface area contributed by atoms with Gasteiger partial charge in [0.2, 0.25) is 0 Å². The molecular formula is C16H21F. The van der Waals surface area contributed by atoms with Crippen LogP contribution in [0, 0.1) is 23.1 Å². The van der Waals surface area contributed by atoms with Crippen LogP contribution in [-0.4, -0.2) is 0 Å². The fourth-order valence-electron chi connectivity index (χ4n) is 4.13. The molecule has 1 aromatic carbocycles. The predicted molar refractivity (Wildman–Crippen MR) is 68.4 cm³/mol. The summed E-state index contributed by atoms with van der Waals surface area (Å²) in [5.41, 5.74) is 1.52. The normalized spacial score (nSPS) is 35.8. The third-order valence-electron chi connectivity index (χ3n) is 5.28. The SMILES string of the molecule is CC(C)[C@]12CCC[C@H](c3ccccc3F)C1C2. The molecule has 2 fully saturated rings. The average Bonchev–Trinajstić information content (AvgIpc) is 3.05. The minimum atomic E-state index is 0.00366. The second-order valence-electron chi connectivity index (χ2n) is 6.22. The van der Waals surface area contributed by atoms with Gasteiger partial charge >= 0.3 is 0 Å². The molecule has 0 aromatic heterocycles. The summed E-state index contributed by atoms with van der Waals surface area (Å²) in [7, 11) is 0. The second-order valence-corrected chi connectivity index (χ2v) is 6.22. The van der Waals surface area contributed by atoms with E-state index in [1.807, 2.05) is 12.1 Å². The lowest BCUT2D eigenvalue weighted by Gasteiger charge is -2.31. The van der Waals surface area contributed by atoms with E-state index in [0.717, 1.165) is 17.4 Å². The van der Waals surface area contributed by atoms with Gasteiger partial charge in [-0.05, 0) is 54.1 Å². The number of fused-ring (bicyclic) bond motifs is 1. The molecule has 0 spiro atoms. The highest BCUT2D eigenvalue weighted by Gasteiger charge is 2.60. The van der Waals surface area contributed by atoms with E-state index >= 15 is 0 Å². The van der Waals surface area contributed by atoms with E-state index in [9.17, 15) is 4.39 Å². The number of rotatable bonds is 2. The number of benzene rings is 1. The molecule has 0 N–H and O–H groups in total. The first kappa shape index (κ1) is 11.3. The predicted octanol–water partition coefficient (Wildman–Crippen LogP) is 4.76. The molecule has 0 nitrogen and oxygen atoms in total. The molecule has 0 bridgehead atoms. The van der Waals surface area contributed by atoms with Crippen molar-refractivity contribution >= 4 is 0 Å². The Morgan fingerprint density at radius 3 is 2.76 bits per heavy atom. The second kappa shape index (κ2) is 3.83. The molecule has 1 unspecified atom stereocenters. The highest BCUT2D eigenvalue weighted by atomic mass is 19.1. The van der Waals surface area contributed by atoms with Crippen LogP contribution in [0.5, 0.6) is 0 Å². The molecule has 0 saturated heterocycles. The van der Waals surface area contributed by atoms with Crippen LogP contribution in [0.3, 0.4) is 0 Å². The quantitative estimate of drug-likeness (QED) is 0.690. The summed E-state index contributed by atoms with van der Waals surface area (Å²) in [6.07, 6.45) is 5.14. The molecule has 17 heavy (non-hydrogen) atoms. The van der Waals surface area contributed by atoms with Gasteiger partial charge in [0.1, 0.15) is 5.82 Å². The van der Waals surface area contributed by atoms with E-state index in [1.54, 1.807) is 12.1 Å². The van der Waals surface area contributed by atoms with Crippen LogP contribution in [-0.2, 0) is 0 Å². The Morgan fingerprint density at radius 1 is 1.29 bits per heavy atom. The minimum Gasteiger partial charge on any atom is -0.207 e. The monoisotopic (exact) mass is 232 g/mol. The summed E-state index contributed by atoms with van der Waals surface area (Å²) in [5.74, 6) is 1.98. The molecule has 1 aromatic rings. The number of hydrogen-bond acceptors (Lipinski definition) is 0. The van der Waals surface area contributed by atoms with Gasteiger partial charge < -0.3 is 0 Å². The Hall–Kier alpha value is -0.850. The third kappa shape index (κ3) is 1.63. The van der Waals surface area contributed by atoms with Gasteiger partial charge in [-0.1, -0.05) is 38.5 Å².